The Hall–Kier alpha value is -2.01. The summed E-state index contributed by atoms with van der Waals surface area (Å²) in [6.45, 7) is 5.72. The number of benzene rings is 1. The quantitative estimate of drug-likeness (QED) is 0.536. The van der Waals surface area contributed by atoms with Crippen LogP contribution < -0.4 is 10.0 Å². The lowest BCUT2D eigenvalue weighted by Gasteiger charge is -2.15. The van der Waals surface area contributed by atoms with Gasteiger partial charge in [-0.2, -0.15) is 4.73 Å². The molecule has 21 heavy (non-hydrogen) atoms. The van der Waals surface area contributed by atoms with E-state index in [0.29, 0.717) is 5.03 Å². The highest BCUT2D eigenvalue weighted by atomic mass is 32.2. The summed E-state index contributed by atoms with van der Waals surface area (Å²) in [5, 5.41) is 14.7. The highest BCUT2D eigenvalue weighted by molar-refractivity contribution is 8.00. The minimum atomic E-state index is -0.355. The van der Waals surface area contributed by atoms with Gasteiger partial charge in [-0.15, -0.1) is 0 Å². The second-order valence-electron chi connectivity index (χ2n) is 4.88. The molecule has 0 bridgehead atoms. The van der Waals surface area contributed by atoms with Gasteiger partial charge in [0.1, 0.15) is 0 Å². The molecule has 0 saturated heterocycles. The minimum Gasteiger partial charge on any atom is -0.618 e. The van der Waals surface area contributed by atoms with Crippen molar-refractivity contribution < 1.29 is 9.52 Å². The van der Waals surface area contributed by atoms with Crippen molar-refractivity contribution in [2.45, 2.75) is 31.0 Å². The number of aromatic nitrogens is 1. The van der Waals surface area contributed by atoms with Crippen LogP contribution in [0, 0.1) is 19.1 Å². The zero-order valence-corrected chi connectivity index (χ0v) is 13.1. The summed E-state index contributed by atoms with van der Waals surface area (Å²) >= 11 is 1.25. The maximum Gasteiger partial charge on any atom is 0.252 e. The Morgan fingerprint density at radius 2 is 1.86 bits per heavy atom. The number of hydrogen-bond donors (Lipinski definition) is 1. The van der Waals surface area contributed by atoms with Crippen LogP contribution in [-0.2, 0) is 4.79 Å². The number of amides is 1. The van der Waals surface area contributed by atoms with E-state index in [-0.39, 0.29) is 11.2 Å². The van der Waals surface area contributed by atoms with E-state index in [1.165, 1.54) is 18.0 Å². The number of rotatable bonds is 4. The summed E-state index contributed by atoms with van der Waals surface area (Å²) in [4.78, 5) is 12.3. The molecule has 2 aromatic rings. The molecule has 1 atom stereocenters. The molecule has 2 rings (SSSR count). The molecule has 0 aliphatic rings. The van der Waals surface area contributed by atoms with Crippen molar-refractivity contribution in [3.05, 3.63) is 58.9 Å². The van der Waals surface area contributed by atoms with E-state index in [0.717, 1.165) is 21.5 Å². The first-order valence-corrected chi connectivity index (χ1v) is 7.59. The molecule has 0 aliphatic carbocycles. The highest BCUT2D eigenvalue weighted by Crippen LogP contribution is 2.23. The van der Waals surface area contributed by atoms with E-state index in [9.17, 15) is 10.0 Å². The second kappa shape index (κ2) is 6.63. The van der Waals surface area contributed by atoms with Gasteiger partial charge in [-0.3, -0.25) is 4.79 Å². The predicted octanol–water partition coefficient (Wildman–Crippen LogP) is 3.06. The lowest BCUT2D eigenvalue weighted by atomic mass is 10.1. The zero-order valence-electron chi connectivity index (χ0n) is 12.3. The van der Waals surface area contributed by atoms with Crippen molar-refractivity contribution in [3.63, 3.8) is 0 Å². The molecule has 1 aromatic heterocycles. The molecule has 4 nitrogen and oxygen atoms in total. The third-order valence-corrected chi connectivity index (χ3v) is 4.31. The number of hydrogen-bond acceptors (Lipinski definition) is 3. The molecular formula is C16H18N2O2S. The standard InChI is InChI=1S/C16H18N2O2S/c1-11-7-6-8-12(2)15(11)17-16(19)13(3)21-14-9-4-5-10-18(14)20/h4-10,13H,1-3H3,(H,17,19)/t13-/m1/s1. The van der Waals surface area contributed by atoms with E-state index >= 15 is 0 Å². The molecule has 0 radical (unpaired) electrons. The molecule has 0 unspecified atom stereocenters. The summed E-state index contributed by atoms with van der Waals surface area (Å²) in [5.74, 6) is -0.110. The Labute approximate surface area is 128 Å². The van der Waals surface area contributed by atoms with Crippen molar-refractivity contribution in [3.8, 4) is 0 Å². The van der Waals surface area contributed by atoms with Crippen LogP contribution in [0.2, 0.25) is 0 Å². The minimum absolute atomic E-state index is 0.110. The summed E-state index contributed by atoms with van der Waals surface area (Å²) in [7, 11) is 0. The summed E-state index contributed by atoms with van der Waals surface area (Å²) in [5.41, 5.74) is 2.90. The number of nitrogens with one attached hydrogen (secondary N) is 1. The molecule has 1 heterocycles. The van der Waals surface area contributed by atoms with Crippen LogP contribution in [0.5, 0.6) is 0 Å². The van der Waals surface area contributed by atoms with Gasteiger partial charge in [-0.05, 0) is 49.7 Å². The first-order valence-electron chi connectivity index (χ1n) is 6.71. The number of anilines is 1. The first-order chi connectivity index (χ1) is 9.99. The van der Waals surface area contributed by atoms with E-state index < -0.39 is 0 Å². The molecule has 0 saturated carbocycles. The Morgan fingerprint density at radius 1 is 1.19 bits per heavy atom. The lowest BCUT2D eigenvalue weighted by molar-refractivity contribution is -0.645. The Morgan fingerprint density at radius 3 is 2.48 bits per heavy atom. The van der Waals surface area contributed by atoms with Gasteiger partial charge in [0.2, 0.25) is 5.91 Å². The number of aryl methyl sites for hydroxylation is 2. The second-order valence-corrected chi connectivity index (χ2v) is 6.24. The number of nitrogens with zero attached hydrogens (tertiary/aromatic N) is 1. The van der Waals surface area contributed by atoms with Crippen LogP contribution in [0.3, 0.4) is 0 Å². The van der Waals surface area contributed by atoms with Gasteiger partial charge >= 0.3 is 0 Å². The zero-order chi connectivity index (χ0) is 15.4. The normalized spacial score (nSPS) is 12.0. The van der Waals surface area contributed by atoms with Gasteiger partial charge in [0, 0.05) is 17.8 Å². The molecular weight excluding hydrogens is 284 g/mol. The summed E-state index contributed by atoms with van der Waals surface area (Å²) in [6.07, 6.45) is 1.43. The van der Waals surface area contributed by atoms with Crippen molar-refractivity contribution in [2.24, 2.45) is 0 Å². The first kappa shape index (κ1) is 15.4. The van der Waals surface area contributed by atoms with Crippen LogP contribution >= 0.6 is 11.8 Å². The van der Waals surface area contributed by atoms with Gasteiger partial charge in [-0.1, -0.05) is 18.2 Å². The Kier molecular flexibility index (Phi) is 4.85. The fourth-order valence-corrected chi connectivity index (χ4v) is 2.83. The van der Waals surface area contributed by atoms with Gasteiger partial charge in [0.25, 0.3) is 5.03 Å². The predicted molar refractivity (Wildman–Crippen MR) is 85.3 cm³/mol. The fourth-order valence-electron chi connectivity index (χ4n) is 1.97. The van der Waals surface area contributed by atoms with Crippen LogP contribution in [-0.4, -0.2) is 11.2 Å². The molecule has 1 N–H and O–H groups in total. The third kappa shape index (κ3) is 3.76. The maximum atomic E-state index is 12.3. The third-order valence-electron chi connectivity index (χ3n) is 3.18. The molecule has 1 aromatic carbocycles. The molecule has 5 heteroatoms. The number of thioether (sulfide) groups is 1. The number of pyridine rings is 1. The van der Waals surface area contributed by atoms with Crippen molar-refractivity contribution >= 4 is 23.4 Å². The largest absolute Gasteiger partial charge is 0.618 e. The Balaban J connectivity index is 2.08. The number of para-hydroxylation sites is 1. The van der Waals surface area contributed by atoms with E-state index in [4.69, 9.17) is 0 Å². The molecule has 0 spiro atoms. The fraction of sp³-hybridized carbons (Fsp3) is 0.250. The van der Waals surface area contributed by atoms with Crippen LogP contribution in [0.1, 0.15) is 18.1 Å². The smallest absolute Gasteiger partial charge is 0.252 e. The maximum absolute atomic E-state index is 12.3. The number of carbonyl (C=O) groups is 1. The number of carbonyl (C=O) groups excluding carboxylic acids is 1. The average Bonchev–Trinajstić information content (AvgIpc) is 2.45. The lowest BCUT2D eigenvalue weighted by Crippen LogP contribution is -2.30. The monoisotopic (exact) mass is 302 g/mol. The van der Waals surface area contributed by atoms with Gasteiger partial charge < -0.3 is 10.5 Å². The van der Waals surface area contributed by atoms with E-state index in [2.05, 4.69) is 5.32 Å². The molecule has 1 amide bonds. The van der Waals surface area contributed by atoms with Crippen molar-refractivity contribution in [2.75, 3.05) is 5.32 Å². The summed E-state index contributed by atoms with van der Waals surface area (Å²) in [6, 6.07) is 11.0. The summed E-state index contributed by atoms with van der Waals surface area (Å²) < 4.78 is 0.771. The van der Waals surface area contributed by atoms with Crippen LogP contribution in [0.25, 0.3) is 0 Å². The van der Waals surface area contributed by atoms with E-state index in [1.54, 1.807) is 25.1 Å². The van der Waals surface area contributed by atoms with Crippen molar-refractivity contribution in [1.82, 2.24) is 0 Å². The van der Waals surface area contributed by atoms with Gasteiger partial charge in [0.05, 0.1) is 5.25 Å². The highest BCUT2D eigenvalue weighted by Gasteiger charge is 2.19. The molecule has 0 fully saturated rings. The molecule has 0 aliphatic heterocycles. The molecule has 110 valence electrons. The van der Waals surface area contributed by atoms with Gasteiger partial charge in [-0.25, -0.2) is 0 Å². The average molecular weight is 302 g/mol. The Bertz CT molecular complexity index is 638. The van der Waals surface area contributed by atoms with Crippen molar-refractivity contribution in [1.29, 1.82) is 0 Å². The van der Waals surface area contributed by atoms with Gasteiger partial charge in [0.15, 0.2) is 6.20 Å². The van der Waals surface area contributed by atoms with E-state index in [1.807, 2.05) is 32.0 Å². The SMILES string of the molecule is Cc1cccc(C)c1NC(=O)[C@@H](C)Sc1cccc[n+]1[O-]. The van der Waals surface area contributed by atoms with Crippen LogP contribution in [0.4, 0.5) is 5.69 Å². The van der Waals surface area contributed by atoms with Crippen LogP contribution in [0.15, 0.2) is 47.6 Å². The topological polar surface area (TPSA) is 56.0 Å².